The van der Waals surface area contributed by atoms with Gasteiger partial charge in [-0.25, -0.2) is 9.59 Å². The van der Waals surface area contributed by atoms with Crippen molar-refractivity contribution >= 4 is 26.2 Å². The number of aliphatic hydroxyl groups excluding tert-OH is 8. The molecule has 3 heterocycles. The summed E-state index contributed by atoms with van der Waals surface area (Å²) in [5.74, 6) is -2.84. The molecule has 0 bridgehead atoms. The molecule has 10 N–H and O–H groups in total. The summed E-state index contributed by atoms with van der Waals surface area (Å²) in [5.41, 5.74) is 0. The molecule has 3 rings (SSSR count). The fourth-order valence-corrected chi connectivity index (χ4v) is 9.82. The quantitative estimate of drug-likeness (QED) is 0.0152. The standard InChI is InChI=1S/C54H90N2O18Si/c1-11-13-14-15-16-17-18-19-20-22-40(72-51-50(65)47(49(64)36(6)71-51)56-52(66)69-25-26-75(8,9)10)30-43-46-44(73-53(67)55-46)32-54(68-7,74-43)31-39(59)28-42(61)41(60)24-23-37(57)27-38(58)29-45(62)70-35(5)34(4)48(63)33(3)21-12-2/h11-22,33-44,46-51,57-61,63-65H,23-32H2,1-10H3,(H,55,67)(H,56,66)/b13-11+,15-14+,17-16+,19-18+,21-12+,22-20+/t33-,34-,35-,36+,37+,38+,39-,40-,41+,42+,43-,44-,46-,47-,48+,49+,50-,51-,54+/m0/s1. The van der Waals surface area contributed by atoms with Crippen molar-refractivity contribution in [2.45, 2.75) is 222 Å². The molecule has 0 spiro atoms. The zero-order chi connectivity index (χ0) is 56.0. The number of carbonyl (C=O) groups is 3. The highest BCUT2D eigenvalue weighted by atomic mass is 28.3. The van der Waals surface area contributed by atoms with E-state index in [0.29, 0.717) is 6.04 Å². The van der Waals surface area contributed by atoms with Gasteiger partial charge in [0.25, 0.3) is 0 Å². The van der Waals surface area contributed by atoms with Crippen LogP contribution in [0.25, 0.3) is 0 Å². The SMILES string of the molecule is C/C=C/C=C/C=C/C=C/C=C/[C@@H](C[C@@H]1O[C@@](C[C@@H](O)C[C@@H](O)[C@H](O)CC[C@@H](O)C[C@@H](O)CC(=O)O[C@@H](C)[C@H](C)[C@H](O)[C@@H](C)/C=C/C)(OC)C[C@@H]2OC(=O)N[C@H]21)O[C@@H]1O[C@H](C)[C@@H](O)[C@H](NC(=O)OCC[Si](C)(C)C)[C@@H]1O. The van der Waals surface area contributed by atoms with Crippen LogP contribution >= 0.6 is 0 Å². The van der Waals surface area contributed by atoms with Gasteiger partial charge in [0.2, 0.25) is 0 Å². The van der Waals surface area contributed by atoms with E-state index in [4.69, 9.17) is 33.2 Å². The number of carbonyl (C=O) groups excluding carboxylic acids is 3. The summed E-state index contributed by atoms with van der Waals surface area (Å²) < 4.78 is 41.4. The molecule has 0 unspecified atom stereocenters. The van der Waals surface area contributed by atoms with Gasteiger partial charge in [-0.15, -0.1) is 0 Å². The molecule has 2 amide bonds. The van der Waals surface area contributed by atoms with Crippen LogP contribution in [0, 0.1) is 11.8 Å². The molecule has 0 saturated carbocycles. The number of allylic oxidation sites excluding steroid dienone is 10. The lowest BCUT2D eigenvalue weighted by molar-refractivity contribution is -0.307. The molecule has 75 heavy (non-hydrogen) atoms. The van der Waals surface area contributed by atoms with Crippen molar-refractivity contribution in [3.63, 3.8) is 0 Å². The molecule has 21 heteroatoms. The molecule has 0 aromatic carbocycles. The van der Waals surface area contributed by atoms with E-state index < -0.39 is 136 Å². The molecule has 0 aliphatic carbocycles. The van der Waals surface area contributed by atoms with Gasteiger partial charge in [-0.2, -0.15) is 0 Å². The van der Waals surface area contributed by atoms with Gasteiger partial charge in [-0.05, 0) is 53.0 Å². The molecule has 0 aromatic heterocycles. The Morgan fingerprint density at radius 1 is 0.853 bits per heavy atom. The first-order valence-electron chi connectivity index (χ1n) is 26.3. The molecule has 3 aliphatic rings. The number of fused-ring (bicyclic) bond motifs is 1. The molecule has 3 fully saturated rings. The predicted octanol–water partition coefficient (Wildman–Crippen LogP) is 4.36. The Hall–Kier alpha value is -3.81. The maximum absolute atomic E-state index is 12.9. The minimum atomic E-state index is -1.60. The number of ether oxygens (including phenoxy) is 7. The predicted molar refractivity (Wildman–Crippen MR) is 282 cm³/mol. The molecule has 0 aromatic rings. The molecule has 0 radical (unpaired) electrons. The Labute approximate surface area is 444 Å². The van der Waals surface area contributed by atoms with E-state index in [9.17, 15) is 55.2 Å². The van der Waals surface area contributed by atoms with E-state index in [0.717, 1.165) is 0 Å². The topological polar surface area (TPSA) is 302 Å². The lowest BCUT2D eigenvalue weighted by atomic mass is 9.87. The van der Waals surface area contributed by atoms with Gasteiger partial charge in [0.15, 0.2) is 12.1 Å². The summed E-state index contributed by atoms with van der Waals surface area (Å²) in [6, 6.07) is -1.25. The van der Waals surface area contributed by atoms with Crippen LogP contribution < -0.4 is 10.6 Å². The second-order valence-corrected chi connectivity index (χ2v) is 27.0. The normalized spacial score (nSPS) is 29.7. The highest BCUT2D eigenvalue weighted by Crippen LogP contribution is 2.40. The summed E-state index contributed by atoms with van der Waals surface area (Å²) in [6.07, 6.45) is 2.92. The molecule has 19 atom stereocenters. The maximum Gasteiger partial charge on any atom is 0.407 e. The summed E-state index contributed by atoms with van der Waals surface area (Å²) in [6.45, 7) is 17.2. The van der Waals surface area contributed by atoms with E-state index in [1.165, 1.54) is 7.11 Å². The average molecular weight is 1080 g/mol. The monoisotopic (exact) mass is 1080 g/mol. The fourth-order valence-electron chi connectivity index (χ4n) is 9.11. The molecule has 3 saturated heterocycles. The van der Waals surface area contributed by atoms with Crippen LogP contribution in [0.1, 0.15) is 92.9 Å². The van der Waals surface area contributed by atoms with Crippen LogP contribution in [0.5, 0.6) is 0 Å². The van der Waals surface area contributed by atoms with Crippen molar-refractivity contribution in [1.82, 2.24) is 10.6 Å². The fraction of sp³-hybridized carbons (Fsp3) is 0.722. The lowest BCUT2D eigenvalue weighted by Crippen LogP contribution is -2.64. The van der Waals surface area contributed by atoms with Crippen molar-refractivity contribution in [2.75, 3.05) is 13.7 Å². The van der Waals surface area contributed by atoms with Crippen LogP contribution in [0.2, 0.25) is 25.7 Å². The van der Waals surface area contributed by atoms with E-state index in [1.54, 1.807) is 45.1 Å². The largest absolute Gasteiger partial charge is 0.462 e. The van der Waals surface area contributed by atoms with Crippen LogP contribution in [0.15, 0.2) is 72.9 Å². The minimum absolute atomic E-state index is 0.0168. The first-order chi connectivity index (χ1) is 35.3. The van der Waals surface area contributed by atoms with Gasteiger partial charge in [0.1, 0.15) is 24.4 Å². The number of methoxy groups -OCH3 is 1. The number of aliphatic hydroxyl groups is 8. The van der Waals surface area contributed by atoms with Gasteiger partial charge in [-0.1, -0.05) is 106 Å². The van der Waals surface area contributed by atoms with Crippen LogP contribution in [0.4, 0.5) is 9.59 Å². The molecule has 3 aliphatic heterocycles. The number of esters is 1. The number of hydrogen-bond acceptors (Lipinski definition) is 18. The van der Waals surface area contributed by atoms with Gasteiger partial charge in [0.05, 0.1) is 80.0 Å². The van der Waals surface area contributed by atoms with Crippen LogP contribution in [-0.4, -0.2) is 184 Å². The third-order valence-electron chi connectivity index (χ3n) is 13.8. The van der Waals surface area contributed by atoms with Crippen molar-refractivity contribution in [1.29, 1.82) is 0 Å². The number of nitrogens with one attached hydrogen (secondary N) is 2. The molecular weight excluding hydrogens is 993 g/mol. The Morgan fingerprint density at radius 2 is 1.51 bits per heavy atom. The second kappa shape index (κ2) is 32.2. The summed E-state index contributed by atoms with van der Waals surface area (Å²) in [7, 11) is -0.170. The van der Waals surface area contributed by atoms with E-state index in [1.807, 2.05) is 69.4 Å². The molecular formula is C54H90N2O18Si. The van der Waals surface area contributed by atoms with Crippen molar-refractivity contribution in [2.24, 2.45) is 11.8 Å². The maximum atomic E-state index is 12.9. The number of hydrogen-bond donors (Lipinski definition) is 10. The Bertz CT molecular complexity index is 1910. The van der Waals surface area contributed by atoms with Crippen molar-refractivity contribution in [3.05, 3.63) is 72.9 Å². The Morgan fingerprint density at radius 3 is 2.13 bits per heavy atom. The Balaban J connectivity index is 1.70. The first-order valence-corrected chi connectivity index (χ1v) is 30.0. The summed E-state index contributed by atoms with van der Waals surface area (Å²) >= 11 is 0. The van der Waals surface area contributed by atoms with Crippen LogP contribution in [-0.2, 0) is 38.0 Å². The van der Waals surface area contributed by atoms with Gasteiger partial charge < -0.3 is 84.6 Å². The first kappa shape index (κ1) is 65.5. The lowest BCUT2D eigenvalue weighted by Gasteiger charge is -2.46. The molecule has 20 nitrogen and oxygen atoms in total. The second-order valence-electron chi connectivity index (χ2n) is 21.4. The third kappa shape index (κ3) is 22.6. The number of amides is 2. The van der Waals surface area contributed by atoms with Gasteiger partial charge >= 0.3 is 18.2 Å². The summed E-state index contributed by atoms with van der Waals surface area (Å²) in [4.78, 5) is 38.2. The molecule has 428 valence electrons. The van der Waals surface area contributed by atoms with Crippen molar-refractivity contribution in [3.8, 4) is 0 Å². The minimum Gasteiger partial charge on any atom is -0.462 e. The average Bonchev–Trinajstić information content (AvgIpc) is 3.71. The van der Waals surface area contributed by atoms with Gasteiger partial charge in [0, 0.05) is 52.7 Å². The summed E-state index contributed by atoms with van der Waals surface area (Å²) in [5, 5.41) is 93.0. The zero-order valence-electron chi connectivity index (χ0n) is 45.6. The Kier molecular flexibility index (Phi) is 28.1. The van der Waals surface area contributed by atoms with E-state index in [2.05, 4.69) is 30.3 Å². The smallest absolute Gasteiger partial charge is 0.407 e. The highest BCUT2D eigenvalue weighted by molar-refractivity contribution is 6.76. The zero-order valence-corrected chi connectivity index (χ0v) is 46.6. The highest BCUT2D eigenvalue weighted by Gasteiger charge is 2.54. The van der Waals surface area contributed by atoms with E-state index >= 15 is 0 Å². The van der Waals surface area contributed by atoms with Crippen LogP contribution in [0.3, 0.4) is 0 Å². The number of rotatable bonds is 31. The van der Waals surface area contributed by atoms with Crippen molar-refractivity contribution < 1.29 is 88.4 Å². The van der Waals surface area contributed by atoms with Gasteiger partial charge in [-0.3, -0.25) is 4.79 Å². The number of alkyl carbamates (subject to hydrolysis) is 2. The van der Waals surface area contributed by atoms with E-state index in [-0.39, 0.29) is 63.4 Å². The third-order valence-corrected chi connectivity index (χ3v) is 15.5.